The first kappa shape index (κ1) is 42.0. The second kappa shape index (κ2) is 18.1. The molecule has 2 atom stereocenters. The van der Waals surface area contributed by atoms with Gasteiger partial charge in [-0.25, -0.2) is 4.98 Å². The number of imidazole rings is 1. The van der Waals surface area contributed by atoms with E-state index in [0.717, 1.165) is 39.4 Å². The van der Waals surface area contributed by atoms with Gasteiger partial charge < -0.3 is 5.32 Å². The second-order valence-corrected chi connectivity index (χ2v) is 18.4. The Bertz CT molecular complexity index is 3900. The molecule has 0 radical (unpaired) electrons. The Morgan fingerprint density at radius 1 is 0.338 bits per heavy atom. The number of hydrogen-bond donors (Lipinski definition) is 2. The molecule has 71 heavy (non-hydrogen) atoms. The monoisotopic (exact) mass is 908 g/mol. The smallest absolute Gasteiger partial charge is 0.145 e. The van der Waals surface area contributed by atoms with Gasteiger partial charge in [-0.1, -0.05) is 237 Å². The molecule has 0 spiro atoms. The van der Waals surface area contributed by atoms with Gasteiger partial charge in [0.05, 0.1) is 17.1 Å². The SMILES string of the molecule is C1=C(c2ccc(-c3ccc(-c4ccc(-c5ccc(-c6nc7ccccc7n6-c6ccccc6)cc5)c5ccccc45)c4ccccc34)cc2)NC(c2ccccc2)NC1c1ccc(-c2ccccc2)cc1. The highest BCUT2D eigenvalue weighted by Crippen LogP contribution is 2.42. The van der Waals surface area contributed by atoms with Crippen LogP contribution in [0.15, 0.2) is 267 Å². The van der Waals surface area contributed by atoms with E-state index in [1.165, 1.54) is 77.2 Å². The van der Waals surface area contributed by atoms with Crippen LogP contribution in [-0.4, -0.2) is 9.55 Å². The Labute approximate surface area is 413 Å². The summed E-state index contributed by atoms with van der Waals surface area (Å²) in [4.78, 5) is 5.12. The van der Waals surface area contributed by atoms with Crippen molar-refractivity contribution < 1.29 is 0 Å². The molecule has 336 valence electrons. The number of fused-ring (bicyclic) bond motifs is 3. The highest BCUT2D eigenvalue weighted by molar-refractivity contribution is 6.12. The fourth-order valence-corrected chi connectivity index (χ4v) is 10.6. The lowest BCUT2D eigenvalue weighted by molar-refractivity contribution is 0.443. The first-order valence-electron chi connectivity index (χ1n) is 24.4. The molecule has 0 amide bonds. The summed E-state index contributed by atoms with van der Waals surface area (Å²) in [5.41, 5.74) is 18.6. The molecule has 11 aromatic carbocycles. The highest BCUT2D eigenvalue weighted by Gasteiger charge is 2.25. The van der Waals surface area contributed by atoms with Gasteiger partial charge in [-0.15, -0.1) is 0 Å². The topological polar surface area (TPSA) is 41.9 Å². The number of nitrogens with one attached hydrogen (secondary N) is 2. The van der Waals surface area contributed by atoms with E-state index in [4.69, 9.17) is 4.98 Å². The van der Waals surface area contributed by atoms with Crippen molar-refractivity contribution in [3.63, 3.8) is 0 Å². The zero-order valence-corrected chi connectivity index (χ0v) is 39.0. The number of aromatic nitrogens is 2. The van der Waals surface area contributed by atoms with Crippen LogP contribution in [0.5, 0.6) is 0 Å². The molecule has 4 heteroatoms. The number of hydrogen-bond acceptors (Lipinski definition) is 3. The predicted molar refractivity (Wildman–Crippen MR) is 296 cm³/mol. The van der Waals surface area contributed by atoms with E-state index >= 15 is 0 Å². The van der Waals surface area contributed by atoms with E-state index in [1.54, 1.807) is 0 Å². The molecule has 1 aliphatic heterocycles. The van der Waals surface area contributed by atoms with E-state index in [1.807, 2.05) is 0 Å². The Morgan fingerprint density at radius 2 is 0.789 bits per heavy atom. The molecule has 4 nitrogen and oxygen atoms in total. The van der Waals surface area contributed by atoms with Gasteiger partial charge in [-0.2, -0.15) is 0 Å². The largest absolute Gasteiger partial charge is 0.366 e. The van der Waals surface area contributed by atoms with E-state index in [2.05, 4.69) is 282 Å². The van der Waals surface area contributed by atoms with Crippen LogP contribution in [0.1, 0.15) is 28.9 Å². The minimum atomic E-state index is -0.0560. The van der Waals surface area contributed by atoms with Gasteiger partial charge in [0.15, 0.2) is 0 Å². The minimum Gasteiger partial charge on any atom is -0.366 e. The summed E-state index contributed by atoms with van der Waals surface area (Å²) in [5, 5.41) is 12.6. The summed E-state index contributed by atoms with van der Waals surface area (Å²) in [7, 11) is 0. The maximum absolute atomic E-state index is 5.12. The Kier molecular flexibility index (Phi) is 10.7. The van der Waals surface area contributed by atoms with Crippen molar-refractivity contribution in [1.29, 1.82) is 0 Å². The molecule has 2 unspecified atom stereocenters. The van der Waals surface area contributed by atoms with Gasteiger partial charge >= 0.3 is 0 Å². The molecule has 1 aromatic heterocycles. The van der Waals surface area contributed by atoms with Crippen molar-refractivity contribution in [2.75, 3.05) is 0 Å². The molecule has 0 aliphatic carbocycles. The summed E-state index contributed by atoms with van der Waals surface area (Å²) in [6.45, 7) is 0. The van der Waals surface area contributed by atoms with Crippen molar-refractivity contribution in [2.24, 2.45) is 0 Å². The van der Waals surface area contributed by atoms with Crippen LogP contribution in [0.2, 0.25) is 0 Å². The fraction of sp³-hybridized carbons (Fsp3) is 0.0299. The minimum absolute atomic E-state index is 0.0193. The van der Waals surface area contributed by atoms with Gasteiger partial charge in [0, 0.05) is 16.9 Å². The maximum Gasteiger partial charge on any atom is 0.145 e. The van der Waals surface area contributed by atoms with E-state index in [9.17, 15) is 0 Å². The lowest BCUT2D eigenvalue weighted by Gasteiger charge is -2.33. The maximum atomic E-state index is 5.12. The van der Waals surface area contributed by atoms with Crippen LogP contribution in [-0.2, 0) is 0 Å². The van der Waals surface area contributed by atoms with Crippen molar-refractivity contribution in [3.05, 3.63) is 284 Å². The lowest BCUT2D eigenvalue weighted by atomic mass is 9.88. The quantitative estimate of drug-likeness (QED) is 0.152. The van der Waals surface area contributed by atoms with Crippen LogP contribution in [0, 0.1) is 0 Å². The standard InChI is InChI=1S/C67H48N4/c1-4-16-45(17-5-1)46-28-34-49(35-29-46)63-44-64(69-66(68-63)51-18-6-2-7-19-51)50-36-30-47(31-37-50)54-40-42-60(58-24-12-10-22-56(54)58)61-43-41-55(57-23-11-13-25-59(57)61)48-32-38-52(39-33-48)67-70-62-26-14-15-27-65(62)71(67)53-20-8-3-9-21-53/h1-44,63,66,68-69H. The Balaban J connectivity index is 0.818. The van der Waals surface area contributed by atoms with Crippen molar-refractivity contribution in [1.82, 2.24) is 20.2 Å². The van der Waals surface area contributed by atoms with Gasteiger partial charge in [-0.05, 0) is 113 Å². The molecule has 12 aromatic rings. The third-order valence-corrected chi connectivity index (χ3v) is 14.2. The number of nitrogens with zero attached hydrogens (tertiary/aromatic N) is 2. The van der Waals surface area contributed by atoms with Gasteiger partial charge in [-0.3, -0.25) is 9.88 Å². The fourth-order valence-electron chi connectivity index (χ4n) is 10.6. The number of benzene rings is 11. The summed E-state index contributed by atoms with van der Waals surface area (Å²) < 4.78 is 2.26. The second-order valence-electron chi connectivity index (χ2n) is 18.4. The summed E-state index contributed by atoms with van der Waals surface area (Å²) in [6, 6.07) is 93.9. The zero-order chi connectivity index (χ0) is 47.1. The number of para-hydroxylation sites is 3. The molecular weight excluding hydrogens is 861 g/mol. The average Bonchev–Trinajstić information content (AvgIpc) is 3.85. The molecule has 0 saturated heterocycles. The highest BCUT2D eigenvalue weighted by atomic mass is 15.2. The number of rotatable bonds is 9. The van der Waals surface area contributed by atoms with Crippen LogP contribution < -0.4 is 10.6 Å². The van der Waals surface area contributed by atoms with Gasteiger partial charge in [0.25, 0.3) is 0 Å². The third kappa shape index (κ3) is 7.87. The van der Waals surface area contributed by atoms with E-state index < -0.39 is 0 Å². The first-order chi connectivity index (χ1) is 35.2. The van der Waals surface area contributed by atoms with Crippen LogP contribution >= 0.6 is 0 Å². The molecule has 0 saturated carbocycles. The molecule has 13 rings (SSSR count). The molecule has 0 bridgehead atoms. The molecule has 2 N–H and O–H groups in total. The molecular formula is C67H48N4. The van der Waals surface area contributed by atoms with E-state index in [0.29, 0.717) is 0 Å². The lowest BCUT2D eigenvalue weighted by Crippen LogP contribution is -2.39. The van der Waals surface area contributed by atoms with Crippen molar-refractivity contribution in [3.8, 4) is 61.6 Å². The van der Waals surface area contributed by atoms with Crippen molar-refractivity contribution in [2.45, 2.75) is 12.2 Å². The zero-order valence-electron chi connectivity index (χ0n) is 39.0. The Hall–Kier alpha value is -9.09. The molecule has 0 fully saturated rings. The van der Waals surface area contributed by atoms with E-state index in [-0.39, 0.29) is 12.2 Å². The summed E-state index contributed by atoms with van der Waals surface area (Å²) >= 11 is 0. The normalized spacial score (nSPS) is 14.6. The summed E-state index contributed by atoms with van der Waals surface area (Å²) in [5.74, 6) is 0.929. The predicted octanol–water partition coefficient (Wildman–Crippen LogP) is 16.6. The average molecular weight is 909 g/mol. The first-order valence-corrected chi connectivity index (χ1v) is 24.4. The third-order valence-electron chi connectivity index (χ3n) is 14.2. The van der Waals surface area contributed by atoms with Gasteiger partial charge in [0.2, 0.25) is 0 Å². The van der Waals surface area contributed by atoms with Gasteiger partial charge in [0.1, 0.15) is 12.0 Å². The molecule has 2 heterocycles. The van der Waals surface area contributed by atoms with Crippen molar-refractivity contribution >= 4 is 38.3 Å². The molecule has 1 aliphatic rings. The van der Waals surface area contributed by atoms with Crippen LogP contribution in [0.25, 0.3) is 99.9 Å². The summed E-state index contributed by atoms with van der Waals surface area (Å²) in [6.07, 6.45) is 2.27. The van der Waals surface area contributed by atoms with Crippen LogP contribution in [0.3, 0.4) is 0 Å². The Morgan fingerprint density at radius 3 is 1.39 bits per heavy atom. The van der Waals surface area contributed by atoms with Crippen LogP contribution in [0.4, 0.5) is 0 Å².